The van der Waals surface area contributed by atoms with Gasteiger partial charge < -0.3 is 10.1 Å². The molecule has 1 N–H and O–H groups in total. The van der Waals surface area contributed by atoms with E-state index in [1.54, 1.807) is 38.5 Å². The summed E-state index contributed by atoms with van der Waals surface area (Å²) in [5.74, 6) is 0.451. The highest BCUT2D eigenvalue weighted by Crippen LogP contribution is 2.36. The summed E-state index contributed by atoms with van der Waals surface area (Å²) in [6, 6.07) is 6.97. The first-order chi connectivity index (χ1) is 16.9. The number of ether oxygens (including phenoxy) is 1. The van der Waals surface area contributed by atoms with Gasteiger partial charge in [0.15, 0.2) is 5.82 Å². The van der Waals surface area contributed by atoms with Crippen LogP contribution in [0.3, 0.4) is 0 Å². The van der Waals surface area contributed by atoms with Gasteiger partial charge in [0.25, 0.3) is 11.4 Å². The molecule has 0 radical (unpaired) electrons. The zero-order valence-corrected chi connectivity index (χ0v) is 20.0. The summed E-state index contributed by atoms with van der Waals surface area (Å²) in [6.07, 6.45) is 6.46. The van der Waals surface area contributed by atoms with Crippen LogP contribution >= 0.6 is 0 Å². The van der Waals surface area contributed by atoms with E-state index in [1.165, 1.54) is 10.7 Å². The Hall–Kier alpha value is -3.82. The Kier molecular flexibility index (Phi) is 6.19. The number of halogens is 1. The van der Waals surface area contributed by atoms with E-state index >= 15 is 0 Å². The molecule has 4 heterocycles. The maximum absolute atomic E-state index is 14.4. The van der Waals surface area contributed by atoms with E-state index in [9.17, 15) is 9.18 Å². The van der Waals surface area contributed by atoms with Gasteiger partial charge in [-0.1, -0.05) is 0 Å². The third-order valence-corrected chi connectivity index (χ3v) is 6.47. The van der Waals surface area contributed by atoms with Crippen LogP contribution in [0.2, 0.25) is 0 Å². The van der Waals surface area contributed by atoms with Crippen LogP contribution in [0.25, 0.3) is 22.3 Å². The predicted molar refractivity (Wildman–Crippen MR) is 131 cm³/mol. The highest BCUT2D eigenvalue weighted by Gasteiger charge is 2.28. The van der Waals surface area contributed by atoms with Crippen LogP contribution in [0, 0.1) is 12.7 Å². The third-order valence-electron chi connectivity index (χ3n) is 6.47. The Morgan fingerprint density at radius 3 is 2.69 bits per heavy atom. The standard InChI is InChI=1S/C25H28FN7O2/c1-4-27-21-13-20-18(14-29-21)24(19-9-10-22(34)32(3)30-19)31-33(20)16-5-7-17(8-6-16)35-25-23(26)15(2)11-12-28-25/h9-14,16-17H,4-8H2,1-3H3,(H,27,29). The molecule has 0 aliphatic heterocycles. The molecule has 10 heteroatoms. The van der Waals surface area contributed by atoms with Crippen molar-refractivity contribution >= 4 is 16.7 Å². The SMILES string of the molecule is CCNc1cc2c(cn1)c(-c1ccc(=O)n(C)n1)nn2C1CCC(Oc2nccc(C)c2F)CC1. The molecule has 0 amide bonds. The molecule has 5 rings (SSSR count). The van der Waals surface area contributed by atoms with Crippen LogP contribution in [0.4, 0.5) is 10.2 Å². The molecule has 1 aliphatic carbocycles. The lowest BCUT2D eigenvalue weighted by atomic mass is 9.93. The van der Waals surface area contributed by atoms with E-state index in [2.05, 4.69) is 20.4 Å². The minimum absolute atomic E-state index is 0.0717. The minimum atomic E-state index is -0.398. The van der Waals surface area contributed by atoms with Crippen molar-refractivity contribution in [1.29, 1.82) is 0 Å². The van der Waals surface area contributed by atoms with Crippen molar-refractivity contribution in [3.8, 4) is 17.3 Å². The molecule has 1 aliphatic rings. The monoisotopic (exact) mass is 477 g/mol. The fraction of sp³-hybridized carbons (Fsp3) is 0.400. The summed E-state index contributed by atoms with van der Waals surface area (Å²) in [5, 5.41) is 13.5. The number of aryl methyl sites for hydroxylation is 2. The average molecular weight is 478 g/mol. The van der Waals surface area contributed by atoms with Crippen molar-refractivity contribution in [1.82, 2.24) is 29.5 Å². The second kappa shape index (κ2) is 9.44. The van der Waals surface area contributed by atoms with E-state index < -0.39 is 5.82 Å². The van der Waals surface area contributed by atoms with Crippen LogP contribution in [0.1, 0.15) is 44.2 Å². The lowest BCUT2D eigenvalue weighted by Gasteiger charge is -2.29. The number of rotatable bonds is 6. The number of hydrogen-bond donors (Lipinski definition) is 1. The molecule has 0 aromatic carbocycles. The largest absolute Gasteiger partial charge is 0.472 e. The molecule has 0 atom stereocenters. The minimum Gasteiger partial charge on any atom is -0.472 e. The molecular formula is C25H28FN7O2. The van der Waals surface area contributed by atoms with Crippen molar-refractivity contribution in [2.75, 3.05) is 11.9 Å². The lowest BCUT2D eigenvalue weighted by Crippen LogP contribution is -2.27. The van der Waals surface area contributed by atoms with E-state index in [0.717, 1.165) is 48.9 Å². The first kappa shape index (κ1) is 22.9. The fourth-order valence-electron chi connectivity index (χ4n) is 4.57. The Morgan fingerprint density at radius 2 is 1.94 bits per heavy atom. The maximum atomic E-state index is 14.4. The van der Waals surface area contributed by atoms with Crippen LogP contribution in [0.5, 0.6) is 5.88 Å². The van der Waals surface area contributed by atoms with Gasteiger partial charge in [-0.3, -0.25) is 9.48 Å². The highest BCUT2D eigenvalue weighted by atomic mass is 19.1. The Morgan fingerprint density at radius 1 is 1.14 bits per heavy atom. The van der Waals surface area contributed by atoms with Crippen LogP contribution in [0.15, 0.2) is 41.5 Å². The Labute approximate surface area is 202 Å². The molecule has 0 spiro atoms. The number of anilines is 1. The first-order valence-electron chi connectivity index (χ1n) is 11.9. The van der Waals surface area contributed by atoms with Gasteiger partial charge in [-0.25, -0.2) is 19.0 Å². The summed E-state index contributed by atoms with van der Waals surface area (Å²) in [4.78, 5) is 20.5. The summed E-state index contributed by atoms with van der Waals surface area (Å²) >= 11 is 0. The van der Waals surface area contributed by atoms with Crippen molar-refractivity contribution in [2.24, 2.45) is 7.05 Å². The number of aromatic nitrogens is 6. The second-order valence-electron chi connectivity index (χ2n) is 8.89. The average Bonchev–Trinajstić information content (AvgIpc) is 3.23. The maximum Gasteiger partial charge on any atom is 0.266 e. The van der Waals surface area contributed by atoms with E-state index in [0.29, 0.717) is 17.0 Å². The van der Waals surface area contributed by atoms with Gasteiger partial charge in [0, 0.05) is 43.5 Å². The van der Waals surface area contributed by atoms with E-state index in [-0.39, 0.29) is 23.6 Å². The summed E-state index contributed by atoms with van der Waals surface area (Å²) < 4.78 is 23.6. The molecule has 0 bridgehead atoms. The van der Waals surface area contributed by atoms with Gasteiger partial charge >= 0.3 is 0 Å². The Bertz CT molecular complexity index is 1420. The molecule has 0 unspecified atom stereocenters. The fourth-order valence-corrected chi connectivity index (χ4v) is 4.57. The van der Waals surface area contributed by atoms with Gasteiger partial charge in [-0.2, -0.15) is 10.2 Å². The number of fused-ring (bicyclic) bond motifs is 1. The highest BCUT2D eigenvalue weighted by molar-refractivity contribution is 5.93. The van der Waals surface area contributed by atoms with Gasteiger partial charge in [-0.05, 0) is 57.2 Å². The third kappa shape index (κ3) is 4.48. The van der Waals surface area contributed by atoms with E-state index in [4.69, 9.17) is 9.84 Å². The summed E-state index contributed by atoms with van der Waals surface area (Å²) in [7, 11) is 1.62. The zero-order chi connectivity index (χ0) is 24.5. The molecule has 4 aromatic heterocycles. The second-order valence-corrected chi connectivity index (χ2v) is 8.89. The Balaban J connectivity index is 1.44. The smallest absolute Gasteiger partial charge is 0.266 e. The van der Waals surface area contributed by atoms with Crippen molar-refractivity contribution in [2.45, 2.75) is 51.7 Å². The van der Waals surface area contributed by atoms with Crippen LogP contribution in [-0.4, -0.2) is 42.2 Å². The molecule has 4 aromatic rings. The molecule has 9 nitrogen and oxygen atoms in total. The van der Waals surface area contributed by atoms with Gasteiger partial charge in [-0.15, -0.1) is 0 Å². The predicted octanol–water partition coefficient (Wildman–Crippen LogP) is 4.03. The van der Waals surface area contributed by atoms with Gasteiger partial charge in [0.2, 0.25) is 0 Å². The number of pyridine rings is 2. The molecule has 0 saturated heterocycles. The number of nitrogens with one attached hydrogen (secondary N) is 1. The van der Waals surface area contributed by atoms with Crippen molar-refractivity contribution in [3.05, 3.63) is 58.4 Å². The van der Waals surface area contributed by atoms with Crippen molar-refractivity contribution < 1.29 is 9.13 Å². The number of nitrogens with zero attached hydrogens (tertiary/aromatic N) is 6. The summed E-state index contributed by atoms with van der Waals surface area (Å²) in [6.45, 7) is 4.49. The summed E-state index contributed by atoms with van der Waals surface area (Å²) in [5.41, 5.74) is 2.61. The van der Waals surface area contributed by atoms with E-state index in [1.807, 2.05) is 17.7 Å². The molecule has 1 saturated carbocycles. The quantitative estimate of drug-likeness (QED) is 0.448. The zero-order valence-electron chi connectivity index (χ0n) is 20.0. The lowest BCUT2D eigenvalue weighted by molar-refractivity contribution is 0.120. The molecule has 182 valence electrons. The normalized spacial score (nSPS) is 18.1. The number of hydrogen-bond acceptors (Lipinski definition) is 7. The molecular weight excluding hydrogens is 449 g/mol. The van der Waals surface area contributed by atoms with Crippen molar-refractivity contribution in [3.63, 3.8) is 0 Å². The van der Waals surface area contributed by atoms with Crippen LogP contribution < -0.4 is 15.6 Å². The van der Waals surface area contributed by atoms with Gasteiger partial charge in [0.05, 0.1) is 11.6 Å². The van der Waals surface area contributed by atoms with Crippen LogP contribution in [-0.2, 0) is 7.05 Å². The first-order valence-corrected chi connectivity index (χ1v) is 11.9. The van der Waals surface area contributed by atoms with Gasteiger partial charge in [0.1, 0.15) is 23.3 Å². The molecule has 1 fully saturated rings. The molecule has 35 heavy (non-hydrogen) atoms. The topological polar surface area (TPSA) is 99.8 Å².